The number of pyridine rings is 1. The molecule has 3 amide bonds. The van der Waals surface area contributed by atoms with Crippen LogP contribution in [0.3, 0.4) is 0 Å². The molecule has 0 unspecified atom stereocenters. The van der Waals surface area contributed by atoms with E-state index in [9.17, 15) is 19.2 Å². The van der Waals surface area contributed by atoms with Crippen LogP contribution in [-0.4, -0.2) is 69.0 Å². The van der Waals surface area contributed by atoms with Gasteiger partial charge in [-0.2, -0.15) is 9.78 Å². The predicted octanol–water partition coefficient (Wildman–Crippen LogP) is 6.84. The first-order valence-corrected chi connectivity index (χ1v) is 18.1. The maximum atomic E-state index is 14.3. The second-order valence-corrected chi connectivity index (χ2v) is 15.2. The van der Waals surface area contributed by atoms with Gasteiger partial charge >= 0.3 is 6.03 Å². The second-order valence-electron chi connectivity index (χ2n) is 14.0. The summed E-state index contributed by atoms with van der Waals surface area (Å²) in [7, 11) is 1.60. The normalized spacial score (nSPS) is 19.5. The van der Waals surface area contributed by atoms with Crippen molar-refractivity contribution in [2.75, 3.05) is 13.6 Å². The summed E-state index contributed by atoms with van der Waals surface area (Å²) in [5.41, 5.74) is 2.15. The van der Waals surface area contributed by atoms with Crippen molar-refractivity contribution in [1.82, 2.24) is 30.3 Å². The van der Waals surface area contributed by atoms with Gasteiger partial charge in [0.25, 0.3) is 5.91 Å². The van der Waals surface area contributed by atoms with Gasteiger partial charge in [-0.15, -0.1) is 0 Å². The van der Waals surface area contributed by atoms with Crippen LogP contribution in [-0.2, 0) is 9.59 Å². The molecular formula is C39H44N6O4S. The molecule has 2 aromatic heterocycles. The fourth-order valence-electron chi connectivity index (χ4n) is 6.89. The molecule has 260 valence electrons. The summed E-state index contributed by atoms with van der Waals surface area (Å²) in [5.74, 6) is -0.0221. The van der Waals surface area contributed by atoms with Crippen molar-refractivity contribution < 1.29 is 19.2 Å². The van der Waals surface area contributed by atoms with E-state index in [4.69, 9.17) is 5.10 Å². The van der Waals surface area contributed by atoms with Crippen LogP contribution >= 0.6 is 11.8 Å². The van der Waals surface area contributed by atoms with Gasteiger partial charge in [-0.1, -0.05) is 50.7 Å². The molecule has 0 bridgehead atoms. The van der Waals surface area contributed by atoms with E-state index in [1.54, 1.807) is 24.2 Å². The van der Waals surface area contributed by atoms with E-state index < -0.39 is 6.04 Å². The van der Waals surface area contributed by atoms with Crippen LogP contribution in [0.5, 0.6) is 0 Å². The van der Waals surface area contributed by atoms with Crippen molar-refractivity contribution in [3.05, 3.63) is 83.8 Å². The van der Waals surface area contributed by atoms with E-state index in [0.29, 0.717) is 36.2 Å². The zero-order chi connectivity index (χ0) is 35.4. The minimum Gasteiger partial charge on any atom is -0.355 e. The number of carbonyl (C=O) groups excluding carboxylic acids is 4. The Balaban J connectivity index is 1.26. The van der Waals surface area contributed by atoms with Crippen molar-refractivity contribution in [2.24, 2.45) is 11.3 Å². The van der Waals surface area contributed by atoms with Gasteiger partial charge in [0.05, 0.1) is 22.5 Å². The van der Waals surface area contributed by atoms with Gasteiger partial charge in [-0.05, 0) is 93.1 Å². The average Bonchev–Trinajstić information content (AvgIpc) is 3.76. The third-order valence-electron chi connectivity index (χ3n) is 9.53. The Labute approximate surface area is 297 Å². The van der Waals surface area contributed by atoms with Gasteiger partial charge in [-0.3, -0.25) is 19.4 Å². The number of rotatable bonds is 8. The Bertz CT molecular complexity index is 1920. The number of benzene rings is 2. The van der Waals surface area contributed by atoms with E-state index in [2.05, 4.69) is 15.6 Å². The molecule has 11 heteroatoms. The van der Waals surface area contributed by atoms with Gasteiger partial charge in [-0.25, -0.2) is 4.79 Å². The first kappa shape index (κ1) is 35.1. The topological polar surface area (TPSA) is 126 Å². The molecule has 2 fully saturated rings. The Kier molecular flexibility index (Phi) is 10.5. The van der Waals surface area contributed by atoms with E-state index in [-0.39, 0.29) is 41.0 Å². The zero-order valence-corrected chi connectivity index (χ0v) is 29.8. The lowest BCUT2D eigenvalue weighted by Crippen LogP contribution is -2.50. The maximum absolute atomic E-state index is 14.3. The van der Waals surface area contributed by atoms with Gasteiger partial charge in [0.2, 0.25) is 5.91 Å². The first-order valence-electron chi connectivity index (χ1n) is 17.3. The molecule has 1 aliphatic heterocycles. The zero-order valence-electron chi connectivity index (χ0n) is 29.0. The highest BCUT2D eigenvalue weighted by Gasteiger charge is 2.38. The molecule has 2 aromatic carbocycles. The molecule has 2 N–H and O–H groups in total. The Hall–Kier alpha value is -4.77. The SMILES string of the molecule is CNC(=O)c1ccccc1Sc1ccc2c(/C=C/c3ccccn3)nn(C(=O)N3CCC[C@H]3C(=O)NC3CCC(C(=O)C(C)(C)C)CC3)c2c1. The molecule has 6 rings (SSSR count). The Morgan fingerprint density at radius 3 is 2.40 bits per heavy atom. The number of nitrogens with one attached hydrogen (secondary N) is 2. The second kappa shape index (κ2) is 15.0. The van der Waals surface area contributed by atoms with Crippen molar-refractivity contribution in [3.8, 4) is 0 Å². The number of hydrogen-bond acceptors (Lipinski definition) is 7. The van der Waals surface area contributed by atoms with Crippen LogP contribution in [0.4, 0.5) is 4.79 Å². The molecule has 50 heavy (non-hydrogen) atoms. The summed E-state index contributed by atoms with van der Waals surface area (Å²) in [6, 6.07) is 17.8. The standard InChI is InChI=1S/C39H44N6O4S/c1-39(2,3)35(46)25-14-16-27(17-15-25)42-37(48)32-12-9-23-44(32)38(49)45-33-24-28(50-34-13-6-5-11-30(34)36(47)40-4)19-20-29(33)31(43-45)21-18-26-10-7-8-22-41-26/h5-8,10-11,13,18-22,24-25,27,32H,9,12,14-17,23H2,1-4H3,(H,40,47)(H,42,48)/b21-18+/t25?,27?,32-/m0/s1. The van der Waals surface area contributed by atoms with Gasteiger partial charge in [0.1, 0.15) is 11.8 Å². The highest BCUT2D eigenvalue weighted by molar-refractivity contribution is 7.99. The molecule has 0 radical (unpaired) electrons. The number of fused-ring (bicyclic) bond motifs is 1. The smallest absolute Gasteiger partial charge is 0.345 e. The number of carbonyl (C=O) groups is 4. The quantitative estimate of drug-likeness (QED) is 0.207. The monoisotopic (exact) mass is 692 g/mol. The van der Waals surface area contributed by atoms with Gasteiger partial charge in [0.15, 0.2) is 0 Å². The Morgan fingerprint density at radius 2 is 1.68 bits per heavy atom. The lowest BCUT2D eigenvalue weighted by atomic mass is 9.75. The summed E-state index contributed by atoms with van der Waals surface area (Å²) in [4.78, 5) is 61.0. The van der Waals surface area contributed by atoms with Crippen LogP contribution in [0.2, 0.25) is 0 Å². The van der Waals surface area contributed by atoms with E-state index in [0.717, 1.165) is 46.6 Å². The van der Waals surface area contributed by atoms with Gasteiger partial charge < -0.3 is 15.5 Å². The number of Topliss-reactive ketones (excluding diaryl/α,β-unsaturated/α-hetero) is 1. The number of ketones is 1. The Morgan fingerprint density at radius 1 is 0.920 bits per heavy atom. The molecule has 4 aromatic rings. The fourth-order valence-corrected chi connectivity index (χ4v) is 7.87. The van der Waals surface area contributed by atoms with E-state index in [1.165, 1.54) is 16.4 Å². The molecule has 1 aliphatic carbocycles. The van der Waals surface area contributed by atoms with Crippen LogP contribution < -0.4 is 10.6 Å². The van der Waals surface area contributed by atoms with Crippen molar-refractivity contribution in [2.45, 2.75) is 81.2 Å². The first-order chi connectivity index (χ1) is 24.0. The predicted molar refractivity (Wildman–Crippen MR) is 196 cm³/mol. The van der Waals surface area contributed by atoms with Crippen LogP contribution in [0, 0.1) is 11.3 Å². The lowest BCUT2D eigenvalue weighted by molar-refractivity contribution is -0.131. The molecule has 1 saturated carbocycles. The van der Waals surface area contributed by atoms with Crippen molar-refractivity contribution in [1.29, 1.82) is 0 Å². The number of likely N-dealkylation sites (tertiary alicyclic amines) is 1. The largest absolute Gasteiger partial charge is 0.355 e. The highest BCUT2D eigenvalue weighted by Crippen LogP contribution is 2.35. The van der Waals surface area contributed by atoms with E-state index >= 15 is 0 Å². The summed E-state index contributed by atoms with van der Waals surface area (Å²) >= 11 is 1.43. The van der Waals surface area contributed by atoms with Crippen LogP contribution in [0.1, 0.15) is 81.0 Å². The molecule has 10 nitrogen and oxygen atoms in total. The number of amides is 3. The van der Waals surface area contributed by atoms with Gasteiger partial charge in [0, 0.05) is 52.3 Å². The molecular weight excluding hydrogens is 649 g/mol. The third kappa shape index (κ3) is 7.67. The van der Waals surface area contributed by atoms with Crippen molar-refractivity contribution in [3.63, 3.8) is 0 Å². The number of nitrogens with zero attached hydrogens (tertiary/aromatic N) is 4. The summed E-state index contributed by atoms with van der Waals surface area (Å²) in [5, 5.41) is 11.5. The molecule has 2 aliphatic rings. The number of aromatic nitrogens is 3. The minimum atomic E-state index is -0.611. The maximum Gasteiger partial charge on any atom is 0.345 e. The fraction of sp³-hybridized carbons (Fsp3) is 0.385. The third-order valence-corrected chi connectivity index (χ3v) is 10.6. The highest BCUT2D eigenvalue weighted by atomic mass is 32.2. The van der Waals surface area contributed by atoms with Crippen LogP contribution in [0.25, 0.3) is 23.1 Å². The summed E-state index contributed by atoms with van der Waals surface area (Å²) < 4.78 is 1.40. The van der Waals surface area contributed by atoms with E-state index in [1.807, 2.05) is 87.5 Å². The summed E-state index contributed by atoms with van der Waals surface area (Å²) in [6.45, 7) is 6.33. The molecule has 1 saturated heterocycles. The lowest BCUT2D eigenvalue weighted by Gasteiger charge is -2.33. The van der Waals surface area contributed by atoms with Crippen molar-refractivity contribution >= 4 is 58.4 Å². The molecule has 1 atom stereocenters. The average molecular weight is 693 g/mol. The number of hydrogen-bond donors (Lipinski definition) is 2. The summed E-state index contributed by atoms with van der Waals surface area (Å²) in [6.07, 6.45) is 9.71. The molecule has 0 spiro atoms. The molecule has 3 heterocycles. The minimum absolute atomic E-state index is 0.0183. The van der Waals surface area contributed by atoms with Crippen LogP contribution in [0.15, 0.2) is 76.7 Å².